The van der Waals surface area contributed by atoms with Crippen LogP contribution in [0.2, 0.25) is 0 Å². The van der Waals surface area contributed by atoms with Gasteiger partial charge in [0.25, 0.3) is 0 Å². The number of furan rings is 1. The fraction of sp³-hybridized carbons (Fsp3) is 0.545. The van der Waals surface area contributed by atoms with Crippen LogP contribution in [-0.4, -0.2) is 23.0 Å². The standard InChI is InChI=1S/C11H18N2OS/c1-4-10(11(12)15)13(3)7-9-5-6-14-8(9)2/h5-6,10H,4,7H2,1-3H3,(H2,12,15). The molecule has 2 N–H and O–H groups in total. The Labute approximate surface area is 96.2 Å². The van der Waals surface area contributed by atoms with Crippen LogP contribution in [0.25, 0.3) is 0 Å². The number of hydrogen-bond acceptors (Lipinski definition) is 3. The normalized spacial score (nSPS) is 13.1. The van der Waals surface area contributed by atoms with Crippen LogP contribution in [0.4, 0.5) is 0 Å². The molecule has 1 atom stereocenters. The van der Waals surface area contributed by atoms with Crippen LogP contribution in [0.15, 0.2) is 16.7 Å². The predicted molar refractivity (Wildman–Crippen MR) is 65.8 cm³/mol. The zero-order chi connectivity index (χ0) is 11.4. The second kappa shape index (κ2) is 5.28. The molecule has 0 radical (unpaired) electrons. The van der Waals surface area contributed by atoms with Crippen LogP contribution in [0.1, 0.15) is 24.7 Å². The largest absolute Gasteiger partial charge is 0.469 e. The Morgan fingerprint density at radius 2 is 2.33 bits per heavy atom. The number of nitrogens with zero attached hydrogens (tertiary/aromatic N) is 1. The van der Waals surface area contributed by atoms with Gasteiger partial charge in [-0.05, 0) is 26.5 Å². The average Bonchev–Trinajstić information content (AvgIpc) is 2.52. The summed E-state index contributed by atoms with van der Waals surface area (Å²) in [5.74, 6) is 0.958. The molecule has 3 nitrogen and oxygen atoms in total. The first-order valence-electron chi connectivity index (χ1n) is 5.08. The third-order valence-electron chi connectivity index (χ3n) is 2.63. The lowest BCUT2D eigenvalue weighted by atomic mass is 10.1. The maximum atomic E-state index is 5.68. The van der Waals surface area contributed by atoms with E-state index >= 15 is 0 Å². The number of thiocarbonyl (C=S) groups is 1. The van der Waals surface area contributed by atoms with Gasteiger partial charge in [0.15, 0.2) is 0 Å². The Morgan fingerprint density at radius 1 is 1.67 bits per heavy atom. The van der Waals surface area contributed by atoms with Crippen molar-refractivity contribution in [3.63, 3.8) is 0 Å². The van der Waals surface area contributed by atoms with Crippen molar-refractivity contribution in [1.82, 2.24) is 4.90 Å². The van der Waals surface area contributed by atoms with Crippen LogP contribution in [-0.2, 0) is 6.54 Å². The molecule has 1 aromatic rings. The number of rotatable bonds is 5. The summed E-state index contributed by atoms with van der Waals surface area (Å²) in [4.78, 5) is 2.71. The van der Waals surface area contributed by atoms with Gasteiger partial charge in [-0.25, -0.2) is 0 Å². The molecule has 0 saturated heterocycles. The van der Waals surface area contributed by atoms with E-state index in [-0.39, 0.29) is 6.04 Å². The van der Waals surface area contributed by atoms with Gasteiger partial charge >= 0.3 is 0 Å². The Morgan fingerprint density at radius 3 is 2.73 bits per heavy atom. The van der Waals surface area contributed by atoms with Crippen molar-refractivity contribution in [2.75, 3.05) is 7.05 Å². The maximum absolute atomic E-state index is 5.68. The summed E-state index contributed by atoms with van der Waals surface area (Å²) < 4.78 is 5.25. The highest BCUT2D eigenvalue weighted by molar-refractivity contribution is 7.80. The summed E-state index contributed by atoms with van der Waals surface area (Å²) in [6.07, 6.45) is 2.64. The molecule has 0 bridgehead atoms. The number of hydrogen-bond donors (Lipinski definition) is 1. The molecule has 1 aromatic heterocycles. The third-order valence-corrected chi connectivity index (χ3v) is 2.91. The van der Waals surface area contributed by atoms with Gasteiger partial charge in [-0.15, -0.1) is 0 Å². The Kier molecular flexibility index (Phi) is 4.29. The number of nitrogens with two attached hydrogens (primary N) is 1. The van der Waals surface area contributed by atoms with E-state index in [1.165, 1.54) is 5.56 Å². The molecule has 0 spiro atoms. The van der Waals surface area contributed by atoms with Crippen LogP contribution in [0.3, 0.4) is 0 Å². The van der Waals surface area contributed by atoms with Gasteiger partial charge in [-0.2, -0.15) is 0 Å². The molecule has 4 heteroatoms. The minimum absolute atomic E-state index is 0.161. The molecule has 0 aromatic carbocycles. The molecule has 0 fully saturated rings. The number of likely N-dealkylation sites (N-methyl/N-ethyl adjacent to an activating group) is 1. The molecule has 0 amide bonds. The lowest BCUT2D eigenvalue weighted by molar-refractivity contribution is 0.282. The molecule has 1 heterocycles. The fourth-order valence-corrected chi connectivity index (χ4v) is 2.03. The SMILES string of the molecule is CCC(C(N)=S)N(C)Cc1ccoc1C. The molecule has 0 aliphatic carbocycles. The minimum atomic E-state index is 0.161. The van der Waals surface area contributed by atoms with Gasteiger partial charge in [0.05, 0.1) is 17.3 Å². The summed E-state index contributed by atoms with van der Waals surface area (Å²) in [6, 6.07) is 2.15. The average molecular weight is 226 g/mol. The van der Waals surface area contributed by atoms with Crippen molar-refractivity contribution in [1.29, 1.82) is 0 Å². The fourth-order valence-electron chi connectivity index (χ4n) is 1.68. The highest BCUT2D eigenvalue weighted by Crippen LogP contribution is 2.13. The van der Waals surface area contributed by atoms with Gasteiger partial charge in [0.1, 0.15) is 5.76 Å². The van der Waals surface area contributed by atoms with E-state index in [0.717, 1.165) is 18.7 Å². The van der Waals surface area contributed by atoms with Crippen LogP contribution in [0, 0.1) is 6.92 Å². The van der Waals surface area contributed by atoms with Crippen molar-refractivity contribution in [2.24, 2.45) is 5.73 Å². The molecular weight excluding hydrogens is 208 g/mol. The van der Waals surface area contributed by atoms with Crippen LogP contribution >= 0.6 is 12.2 Å². The Hall–Kier alpha value is -0.870. The van der Waals surface area contributed by atoms with E-state index in [2.05, 4.69) is 11.8 Å². The molecule has 84 valence electrons. The molecule has 1 unspecified atom stereocenters. The van der Waals surface area contributed by atoms with Crippen LogP contribution < -0.4 is 5.73 Å². The molecule has 0 aliphatic rings. The molecule has 0 saturated carbocycles. The van der Waals surface area contributed by atoms with Crippen LogP contribution in [0.5, 0.6) is 0 Å². The van der Waals surface area contributed by atoms with E-state index in [4.69, 9.17) is 22.4 Å². The van der Waals surface area contributed by atoms with Crippen molar-refractivity contribution in [2.45, 2.75) is 32.9 Å². The molecule has 1 rings (SSSR count). The van der Waals surface area contributed by atoms with Gasteiger partial charge < -0.3 is 10.2 Å². The van der Waals surface area contributed by atoms with Crippen molar-refractivity contribution in [3.8, 4) is 0 Å². The monoisotopic (exact) mass is 226 g/mol. The maximum Gasteiger partial charge on any atom is 0.105 e. The molecule has 15 heavy (non-hydrogen) atoms. The third kappa shape index (κ3) is 3.04. The first kappa shape index (κ1) is 12.2. The highest BCUT2D eigenvalue weighted by atomic mass is 32.1. The van der Waals surface area contributed by atoms with E-state index in [0.29, 0.717) is 4.99 Å². The lowest BCUT2D eigenvalue weighted by Gasteiger charge is -2.25. The predicted octanol–water partition coefficient (Wildman–Crippen LogP) is 2.08. The van der Waals surface area contributed by atoms with E-state index < -0.39 is 0 Å². The summed E-state index contributed by atoms with van der Waals surface area (Å²) in [5, 5.41) is 0. The molecular formula is C11H18N2OS. The Bertz CT molecular complexity index is 335. The highest BCUT2D eigenvalue weighted by Gasteiger charge is 2.16. The summed E-state index contributed by atoms with van der Waals surface area (Å²) in [6.45, 7) is 4.87. The van der Waals surface area contributed by atoms with Gasteiger partial charge in [-0.1, -0.05) is 19.1 Å². The lowest BCUT2D eigenvalue weighted by Crippen LogP contribution is -2.40. The van der Waals surface area contributed by atoms with Crippen molar-refractivity contribution in [3.05, 3.63) is 23.7 Å². The van der Waals surface area contributed by atoms with Crippen molar-refractivity contribution >= 4 is 17.2 Å². The Balaban J connectivity index is 2.66. The smallest absolute Gasteiger partial charge is 0.105 e. The van der Waals surface area contributed by atoms with E-state index in [9.17, 15) is 0 Å². The van der Waals surface area contributed by atoms with Gasteiger partial charge in [0.2, 0.25) is 0 Å². The number of aryl methyl sites for hydroxylation is 1. The summed E-state index contributed by atoms with van der Waals surface area (Å²) >= 11 is 5.03. The second-order valence-corrected chi connectivity index (χ2v) is 4.21. The van der Waals surface area contributed by atoms with Crippen molar-refractivity contribution < 1.29 is 4.42 Å². The first-order chi connectivity index (χ1) is 7.06. The zero-order valence-corrected chi connectivity index (χ0v) is 10.3. The van der Waals surface area contributed by atoms with E-state index in [1.807, 2.05) is 20.0 Å². The summed E-state index contributed by atoms with van der Waals surface area (Å²) in [7, 11) is 2.03. The second-order valence-electron chi connectivity index (χ2n) is 3.74. The first-order valence-corrected chi connectivity index (χ1v) is 5.49. The minimum Gasteiger partial charge on any atom is -0.469 e. The van der Waals surface area contributed by atoms with Gasteiger partial charge in [-0.3, -0.25) is 4.90 Å². The quantitative estimate of drug-likeness (QED) is 0.781. The topological polar surface area (TPSA) is 42.4 Å². The summed E-state index contributed by atoms with van der Waals surface area (Å²) in [5.41, 5.74) is 6.87. The van der Waals surface area contributed by atoms with Gasteiger partial charge in [0, 0.05) is 12.1 Å². The zero-order valence-electron chi connectivity index (χ0n) is 9.49. The van der Waals surface area contributed by atoms with E-state index in [1.54, 1.807) is 6.26 Å². The molecule has 0 aliphatic heterocycles.